The number of halogens is 2. The van der Waals surface area contributed by atoms with E-state index in [9.17, 15) is 0 Å². The maximum absolute atomic E-state index is 2.35. The van der Waals surface area contributed by atoms with Crippen LogP contribution in [0.2, 0.25) is 0 Å². The molecule has 5 heteroatoms. The maximum atomic E-state index is 2.35. The van der Waals surface area contributed by atoms with Gasteiger partial charge in [-0.3, -0.25) is 0 Å². The third-order valence-electron chi connectivity index (χ3n) is 4.58. The summed E-state index contributed by atoms with van der Waals surface area (Å²) >= 11 is 5.36. The van der Waals surface area contributed by atoms with E-state index in [-0.39, 0.29) is 24.8 Å². The average molecular weight is 510 g/mol. The van der Waals surface area contributed by atoms with Crippen LogP contribution in [0.5, 0.6) is 0 Å². The molecule has 0 spiro atoms. The van der Waals surface area contributed by atoms with Gasteiger partial charge in [-0.15, -0.1) is 0 Å². The van der Waals surface area contributed by atoms with Crippen LogP contribution < -0.4 is 24.8 Å². The Balaban J connectivity index is 0.000000205. The molecular formula is C22H19Cl2S2Zr. The Morgan fingerprint density at radius 2 is 1.78 bits per heavy atom. The topological polar surface area (TPSA) is 0 Å². The monoisotopic (exact) mass is 507 g/mol. The van der Waals surface area contributed by atoms with Crippen molar-refractivity contribution in [1.29, 1.82) is 0 Å². The number of hydrogen-bond donors (Lipinski definition) is 0. The third kappa shape index (κ3) is 5.00. The number of rotatable bonds is 1. The van der Waals surface area contributed by atoms with Gasteiger partial charge in [0.2, 0.25) is 0 Å². The minimum atomic E-state index is 0. The Kier molecular flexibility index (Phi) is 8.46. The zero-order chi connectivity index (χ0) is 17.4. The first-order chi connectivity index (χ1) is 12.1. The largest absolute Gasteiger partial charge is 1.00 e. The van der Waals surface area contributed by atoms with Crippen LogP contribution in [0.25, 0.3) is 6.08 Å². The molecule has 1 aromatic heterocycles. The molecule has 2 aromatic rings. The second-order valence-corrected chi connectivity index (χ2v) is 10.5. The van der Waals surface area contributed by atoms with Crippen LogP contribution in [0.4, 0.5) is 0 Å². The van der Waals surface area contributed by atoms with Crippen molar-refractivity contribution in [2.24, 2.45) is 5.92 Å². The predicted octanol–water partition coefficient (Wildman–Crippen LogP) is 0.805. The summed E-state index contributed by atoms with van der Waals surface area (Å²) in [6.45, 7) is 4.35. The number of hydrogen-bond acceptors (Lipinski definition) is 2. The molecular weight excluding hydrogens is 491 g/mol. The molecule has 1 aliphatic heterocycles. The van der Waals surface area contributed by atoms with Gasteiger partial charge in [0.05, 0.1) is 0 Å². The molecule has 0 amide bonds. The Labute approximate surface area is 197 Å². The normalized spacial score (nSPS) is 21.0. The molecule has 137 valence electrons. The van der Waals surface area contributed by atoms with Gasteiger partial charge in [-0.05, 0) is 11.8 Å². The summed E-state index contributed by atoms with van der Waals surface area (Å²) < 4.78 is 1.55. The van der Waals surface area contributed by atoms with Gasteiger partial charge in [-0.1, -0.05) is 36.1 Å². The van der Waals surface area contributed by atoms with E-state index in [4.69, 9.17) is 0 Å². The first kappa shape index (κ1) is 23.0. The summed E-state index contributed by atoms with van der Waals surface area (Å²) in [5, 5.41) is 0. The van der Waals surface area contributed by atoms with Crippen molar-refractivity contribution < 1.29 is 49.5 Å². The molecule has 2 unspecified atom stereocenters. The van der Waals surface area contributed by atoms with E-state index in [0.717, 1.165) is 0 Å². The van der Waals surface area contributed by atoms with Crippen LogP contribution >= 0.6 is 23.1 Å². The standard InChI is InChI=1S/C14H11S.C8H8S.2ClH.Zr/c1-10-6-9-14(15-10)13-8-7-11-4-2-3-5-12(11)13;1-6-5-7-3-2-4-8(7)9-6;;;/h2-7,9,13H,1H3;2-5,7H,1H3;2*1H;/q;;;;+2/p-2. The van der Waals surface area contributed by atoms with E-state index < -0.39 is 0 Å². The number of thioether (sulfide) groups is 1. The van der Waals surface area contributed by atoms with Crippen LogP contribution in [-0.2, 0) is 24.7 Å². The van der Waals surface area contributed by atoms with Crippen molar-refractivity contribution in [2.45, 2.75) is 19.8 Å². The molecule has 0 radical (unpaired) electrons. The van der Waals surface area contributed by atoms with Crippen molar-refractivity contribution in [1.82, 2.24) is 0 Å². The van der Waals surface area contributed by atoms with Gasteiger partial charge >= 0.3 is 116 Å². The molecule has 0 nitrogen and oxygen atoms in total. The molecule has 1 aromatic carbocycles. The summed E-state index contributed by atoms with van der Waals surface area (Å²) in [6.07, 6.45) is 11.2. The second kappa shape index (κ2) is 9.94. The average Bonchev–Trinajstić information content (AvgIpc) is 3.31. The molecule has 0 bridgehead atoms. The van der Waals surface area contributed by atoms with Gasteiger partial charge in [-0.2, -0.15) is 0 Å². The van der Waals surface area contributed by atoms with Gasteiger partial charge in [0.25, 0.3) is 0 Å². The number of allylic oxidation sites excluding steroid dienone is 7. The van der Waals surface area contributed by atoms with Gasteiger partial charge < -0.3 is 24.8 Å². The predicted molar refractivity (Wildman–Crippen MR) is 107 cm³/mol. The van der Waals surface area contributed by atoms with Crippen LogP contribution in [-0.4, -0.2) is 0 Å². The van der Waals surface area contributed by atoms with Crippen LogP contribution in [0, 0.1) is 12.8 Å². The smallest absolute Gasteiger partial charge is 1.00 e. The summed E-state index contributed by atoms with van der Waals surface area (Å²) in [6, 6.07) is 13.3. The quantitative estimate of drug-likeness (QED) is 0.549. The van der Waals surface area contributed by atoms with E-state index in [0.29, 0.717) is 11.8 Å². The molecule has 2 atom stereocenters. The Hall–Kier alpha value is -0.307. The number of thiophene rings is 1. The fourth-order valence-electron chi connectivity index (χ4n) is 3.43. The third-order valence-corrected chi connectivity index (χ3v) is 7.81. The fourth-order valence-corrected chi connectivity index (χ4v) is 6.86. The zero-order valence-electron chi connectivity index (χ0n) is 15.1. The summed E-state index contributed by atoms with van der Waals surface area (Å²) in [7, 11) is 0. The number of fused-ring (bicyclic) bond motifs is 2. The summed E-state index contributed by atoms with van der Waals surface area (Å²) in [4.78, 5) is 5.83. The first-order valence-electron chi connectivity index (χ1n) is 8.45. The van der Waals surface area contributed by atoms with Gasteiger partial charge in [0, 0.05) is 10.8 Å². The molecule has 0 saturated heterocycles. The van der Waals surface area contributed by atoms with Gasteiger partial charge in [0.15, 0.2) is 0 Å². The van der Waals surface area contributed by atoms with Gasteiger partial charge in [0.1, 0.15) is 0 Å². The van der Waals surface area contributed by atoms with Crippen LogP contribution in [0.1, 0.15) is 33.7 Å². The molecule has 0 saturated carbocycles. The minimum absolute atomic E-state index is 0. The van der Waals surface area contributed by atoms with Crippen molar-refractivity contribution in [3.8, 4) is 0 Å². The van der Waals surface area contributed by atoms with Crippen molar-refractivity contribution in [2.75, 3.05) is 0 Å². The Morgan fingerprint density at radius 3 is 2.48 bits per heavy atom. The molecule has 0 N–H and O–H groups in total. The van der Waals surface area contributed by atoms with E-state index in [1.165, 1.54) is 55.4 Å². The van der Waals surface area contributed by atoms with Crippen molar-refractivity contribution in [3.63, 3.8) is 0 Å². The number of benzene rings is 1. The van der Waals surface area contributed by atoms with E-state index in [1.807, 2.05) is 23.1 Å². The fraction of sp³-hybridized carbons (Fsp3) is 0.182. The molecule has 0 fully saturated rings. The second-order valence-electron chi connectivity index (χ2n) is 6.47. The van der Waals surface area contributed by atoms with E-state index in [2.05, 4.69) is 80.6 Å². The zero-order valence-corrected chi connectivity index (χ0v) is 20.7. The molecule has 2 heterocycles. The molecule has 3 aliphatic rings. The van der Waals surface area contributed by atoms with E-state index in [1.54, 1.807) is 3.28 Å². The summed E-state index contributed by atoms with van der Waals surface area (Å²) in [5.41, 5.74) is 2.89. The summed E-state index contributed by atoms with van der Waals surface area (Å²) in [5.74, 6) is 1.17. The molecule has 2 aliphatic carbocycles. The van der Waals surface area contributed by atoms with Crippen LogP contribution in [0.15, 0.2) is 73.8 Å². The Bertz CT molecular complexity index is 937. The van der Waals surface area contributed by atoms with Crippen LogP contribution in [0.3, 0.4) is 0 Å². The van der Waals surface area contributed by atoms with Crippen molar-refractivity contribution >= 4 is 29.2 Å². The van der Waals surface area contributed by atoms with Crippen molar-refractivity contribution in [3.05, 3.63) is 94.7 Å². The SMILES string of the molecule is CC1=CC2C=CC=C2S1.Cc1ccc(C2[C]([Zr+2])=Cc3ccccc32)s1.[Cl-].[Cl-]. The number of aryl methyl sites for hydroxylation is 1. The van der Waals surface area contributed by atoms with Gasteiger partial charge in [-0.25, -0.2) is 0 Å². The molecule has 27 heavy (non-hydrogen) atoms. The molecule has 5 rings (SSSR count). The maximum Gasteiger partial charge on any atom is -1.00 e. The van der Waals surface area contributed by atoms with E-state index >= 15 is 0 Å². The minimum Gasteiger partial charge on any atom is -1.00 e. The Morgan fingerprint density at radius 1 is 1.00 bits per heavy atom. The first-order valence-corrected chi connectivity index (χ1v) is 11.3.